The van der Waals surface area contributed by atoms with Gasteiger partial charge in [0.15, 0.2) is 0 Å². The molecule has 82 valence electrons. The summed E-state index contributed by atoms with van der Waals surface area (Å²) < 4.78 is 1.68. The van der Waals surface area contributed by atoms with E-state index in [1.807, 2.05) is 25.3 Å². The number of hydrogen-bond acceptors (Lipinski definition) is 3. The standard InChI is InChI=1S/C11H12N4O/c1-8-6-15(14-13-8)7-9-4-2-3-5-10(9)11(12)16/h2-6H,7H2,1H3,(H2,12,16). The second-order valence-electron chi connectivity index (χ2n) is 3.58. The maximum atomic E-state index is 11.2. The van der Waals surface area contributed by atoms with Gasteiger partial charge in [-0.05, 0) is 18.6 Å². The first-order valence-electron chi connectivity index (χ1n) is 4.91. The molecule has 5 nitrogen and oxygen atoms in total. The third kappa shape index (κ3) is 2.08. The second-order valence-corrected chi connectivity index (χ2v) is 3.58. The molecule has 0 bridgehead atoms. The van der Waals surface area contributed by atoms with E-state index in [-0.39, 0.29) is 0 Å². The molecule has 0 saturated carbocycles. The monoisotopic (exact) mass is 216 g/mol. The molecule has 2 N–H and O–H groups in total. The number of carbonyl (C=O) groups is 1. The molecule has 0 unspecified atom stereocenters. The van der Waals surface area contributed by atoms with Crippen LogP contribution in [-0.2, 0) is 6.54 Å². The highest BCUT2D eigenvalue weighted by Crippen LogP contribution is 2.09. The van der Waals surface area contributed by atoms with Gasteiger partial charge in [-0.25, -0.2) is 4.68 Å². The number of aromatic nitrogens is 3. The zero-order valence-electron chi connectivity index (χ0n) is 8.92. The van der Waals surface area contributed by atoms with E-state index in [0.717, 1.165) is 11.3 Å². The van der Waals surface area contributed by atoms with Crippen molar-refractivity contribution >= 4 is 5.91 Å². The van der Waals surface area contributed by atoms with Crippen LogP contribution in [0.1, 0.15) is 21.6 Å². The molecule has 1 heterocycles. The van der Waals surface area contributed by atoms with Crippen LogP contribution in [0.4, 0.5) is 0 Å². The van der Waals surface area contributed by atoms with Gasteiger partial charge in [-0.15, -0.1) is 5.10 Å². The Balaban J connectivity index is 2.31. The fourth-order valence-corrected chi connectivity index (χ4v) is 1.55. The van der Waals surface area contributed by atoms with Crippen molar-refractivity contribution in [1.82, 2.24) is 15.0 Å². The summed E-state index contributed by atoms with van der Waals surface area (Å²) in [5, 5.41) is 7.81. The fraction of sp³-hybridized carbons (Fsp3) is 0.182. The SMILES string of the molecule is Cc1cn(Cc2ccccc2C(N)=O)nn1. The number of benzene rings is 1. The summed E-state index contributed by atoms with van der Waals surface area (Å²) in [4.78, 5) is 11.2. The highest BCUT2D eigenvalue weighted by atomic mass is 16.1. The van der Waals surface area contributed by atoms with Crippen molar-refractivity contribution in [3.05, 3.63) is 47.3 Å². The van der Waals surface area contributed by atoms with Crippen LogP contribution in [0.25, 0.3) is 0 Å². The number of primary amides is 1. The predicted molar refractivity (Wildman–Crippen MR) is 58.8 cm³/mol. The molecule has 0 atom stereocenters. The van der Waals surface area contributed by atoms with Gasteiger partial charge in [0.05, 0.1) is 12.2 Å². The largest absolute Gasteiger partial charge is 0.366 e. The number of aryl methyl sites for hydroxylation is 1. The van der Waals surface area contributed by atoms with Crippen LogP contribution in [0, 0.1) is 6.92 Å². The van der Waals surface area contributed by atoms with Crippen LogP contribution in [-0.4, -0.2) is 20.9 Å². The van der Waals surface area contributed by atoms with Crippen molar-refractivity contribution in [3.8, 4) is 0 Å². The third-order valence-electron chi connectivity index (χ3n) is 2.27. The Morgan fingerprint density at radius 1 is 1.44 bits per heavy atom. The van der Waals surface area contributed by atoms with Crippen LogP contribution in [0.2, 0.25) is 0 Å². The molecule has 0 fully saturated rings. The first-order valence-corrected chi connectivity index (χ1v) is 4.91. The van der Waals surface area contributed by atoms with Crippen molar-refractivity contribution < 1.29 is 4.79 Å². The summed E-state index contributed by atoms with van der Waals surface area (Å²) in [6.07, 6.45) is 1.82. The summed E-state index contributed by atoms with van der Waals surface area (Å²) in [6.45, 7) is 2.36. The lowest BCUT2D eigenvalue weighted by molar-refractivity contribution is 0.0999. The van der Waals surface area contributed by atoms with E-state index < -0.39 is 5.91 Å². The van der Waals surface area contributed by atoms with Crippen molar-refractivity contribution in [3.63, 3.8) is 0 Å². The third-order valence-corrected chi connectivity index (χ3v) is 2.27. The molecular weight excluding hydrogens is 204 g/mol. The summed E-state index contributed by atoms with van der Waals surface area (Å²) in [5.74, 6) is -0.424. The van der Waals surface area contributed by atoms with Crippen molar-refractivity contribution in [2.75, 3.05) is 0 Å². The van der Waals surface area contributed by atoms with Crippen LogP contribution in [0.5, 0.6) is 0 Å². The van der Waals surface area contributed by atoms with Gasteiger partial charge < -0.3 is 5.73 Å². The smallest absolute Gasteiger partial charge is 0.249 e. The van der Waals surface area contributed by atoms with E-state index in [1.165, 1.54) is 0 Å². The summed E-state index contributed by atoms with van der Waals surface area (Å²) >= 11 is 0. The minimum atomic E-state index is -0.424. The van der Waals surface area contributed by atoms with Crippen molar-refractivity contribution in [2.24, 2.45) is 5.73 Å². The van der Waals surface area contributed by atoms with E-state index in [9.17, 15) is 4.79 Å². The second kappa shape index (κ2) is 4.14. The quantitative estimate of drug-likeness (QED) is 0.822. The van der Waals surface area contributed by atoms with Gasteiger partial charge in [0.1, 0.15) is 0 Å². The zero-order valence-corrected chi connectivity index (χ0v) is 8.92. The van der Waals surface area contributed by atoms with E-state index in [1.54, 1.807) is 16.8 Å². The Kier molecular flexibility index (Phi) is 2.68. The van der Waals surface area contributed by atoms with E-state index in [4.69, 9.17) is 5.73 Å². The van der Waals surface area contributed by atoms with E-state index in [0.29, 0.717) is 12.1 Å². The van der Waals surface area contributed by atoms with Crippen LogP contribution in [0.3, 0.4) is 0 Å². The molecule has 5 heteroatoms. The Morgan fingerprint density at radius 3 is 2.81 bits per heavy atom. The van der Waals surface area contributed by atoms with Crippen molar-refractivity contribution in [2.45, 2.75) is 13.5 Å². The normalized spacial score (nSPS) is 10.3. The molecular formula is C11H12N4O. The van der Waals surface area contributed by atoms with Gasteiger partial charge in [-0.3, -0.25) is 4.79 Å². The Bertz CT molecular complexity index is 518. The van der Waals surface area contributed by atoms with Gasteiger partial charge in [0.25, 0.3) is 0 Å². The molecule has 1 aromatic heterocycles. The number of nitrogens with zero attached hydrogens (tertiary/aromatic N) is 3. The molecule has 0 aliphatic heterocycles. The van der Waals surface area contributed by atoms with E-state index in [2.05, 4.69) is 10.3 Å². The zero-order chi connectivity index (χ0) is 11.5. The number of nitrogens with two attached hydrogens (primary N) is 1. The van der Waals surface area contributed by atoms with Crippen LogP contribution < -0.4 is 5.73 Å². The average molecular weight is 216 g/mol. The first-order chi connectivity index (χ1) is 7.66. The van der Waals surface area contributed by atoms with Gasteiger partial charge in [-0.2, -0.15) is 0 Å². The topological polar surface area (TPSA) is 73.8 Å². The molecule has 1 aromatic carbocycles. The minimum Gasteiger partial charge on any atom is -0.366 e. The van der Waals surface area contributed by atoms with Gasteiger partial charge >= 0.3 is 0 Å². The summed E-state index contributed by atoms with van der Waals surface area (Å²) in [5.41, 5.74) is 7.50. The van der Waals surface area contributed by atoms with Gasteiger partial charge in [-0.1, -0.05) is 23.4 Å². The molecule has 0 radical (unpaired) electrons. The molecule has 0 saturated heterocycles. The molecule has 16 heavy (non-hydrogen) atoms. The number of rotatable bonds is 3. The van der Waals surface area contributed by atoms with Crippen LogP contribution in [0.15, 0.2) is 30.5 Å². The Morgan fingerprint density at radius 2 is 2.19 bits per heavy atom. The summed E-state index contributed by atoms with van der Waals surface area (Å²) in [7, 11) is 0. The fourth-order valence-electron chi connectivity index (χ4n) is 1.55. The van der Waals surface area contributed by atoms with Crippen molar-refractivity contribution in [1.29, 1.82) is 0 Å². The van der Waals surface area contributed by atoms with Crippen LogP contribution >= 0.6 is 0 Å². The molecule has 2 rings (SSSR count). The molecule has 0 aliphatic carbocycles. The Hall–Kier alpha value is -2.17. The average Bonchev–Trinajstić information content (AvgIpc) is 2.64. The molecule has 0 aliphatic rings. The molecule has 2 aromatic rings. The highest BCUT2D eigenvalue weighted by molar-refractivity contribution is 5.94. The number of amides is 1. The molecule has 0 spiro atoms. The Labute approximate surface area is 92.9 Å². The van der Waals surface area contributed by atoms with Gasteiger partial charge in [0, 0.05) is 11.8 Å². The maximum Gasteiger partial charge on any atom is 0.249 e. The number of carbonyl (C=O) groups excluding carboxylic acids is 1. The lowest BCUT2D eigenvalue weighted by Crippen LogP contribution is -2.15. The molecule has 1 amide bonds. The lowest BCUT2D eigenvalue weighted by Gasteiger charge is -2.05. The minimum absolute atomic E-state index is 0.424. The predicted octanol–water partition coefficient (Wildman–Crippen LogP) is 0.734. The summed E-state index contributed by atoms with van der Waals surface area (Å²) in [6, 6.07) is 7.22. The van der Waals surface area contributed by atoms with E-state index >= 15 is 0 Å². The maximum absolute atomic E-state index is 11.2. The van der Waals surface area contributed by atoms with Gasteiger partial charge in [0.2, 0.25) is 5.91 Å². The lowest BCUT2D eigenvalue weighted by atomic mass is 10.1. The number of hydrogen-bond donors (Lipinski definition) is 1. The first kappa shape index (κ1) is 10.4. The highest BCUT2D eigenvalue weighted by Gasteiger charge is 2.07.